The highest BCUT2D eigenvalue weighted by Crippen LogP contribution is 1.98. The smallest absolute Gasteiger partial charge is 0.253 e. The molecule has 0 spiro atoms. The largest absolute Gasteiger partial charge is 0.341 e. The van der Waals surface area contributed by atoms with Crippen LogP contribution in [0.3, 0.4) is 0 Å². The van der Waals surface area contributed by atoms with Gasteiger partial charge in [0.05, 0.1) is 0 Å². The van der Waals surface area contributed by atoms with Crippen molar-refractivity contribution in [1.29, 1.82) is 0 Å². The molecule has 4 nitrogen and oxygen atoms in total. The van der Waals surface area contributed by atoms with Crippen molar-refractivity contribution in [2.45, 2.75) is 40.2 Å². The predicted octanol–water partition coefficient (Wildman–Crippen LogP) is 1.81. The van der Waals surface area contributed by atoms with Crippen molar-refractivity contribution in [3.05, 3.63) is 34.2 Å². The van der Waals surface area contributed by atoms with Crippen molar-refractivity contribution in [1.82, 2.24) is 9.47 Å². The molecule has 0 fully saturated rings. The lowest BCUT2D eigenvalue weighted by molar-refractivity contribution is -0.132. The average Bonchev–Trinajstić information content (AvgIpc) is 2.34. The summed E-state index contributed by atoms with van der Waals surface area (Å²) in [5, 5.41) is 0. The molecule has 18 heavy (non-hydrogen) atoms. The van der Waals surface area contributed by atoms with Gasteiger partial charge in [0.15, 0.2) is 0 Å². The van der Waals surface area contributed by atoms with E-state index in [1.54, 1.807) is 25.3 Å². The van der Waals surface area contributed by atoms with Crippen molar-refractivity contribution < 1.29 is 4.79 Å². The van der Waals surface area contributed by atoms with Gasteiger partial charge in [-0.25, -0.2) is 0 Å². The van der Waals surface area contributed by atoms with E-state index < -0.39 is 0 Å². The van der Waals surface area contributed by atoms with Crippen LogP contribution < -0.4 is 5.56 Å². The van der Waals surface area contributed by atoms with Gasteiger partial charge in [0.2, 0.25) is 5.91 Å². The first-order chi connectivity index (χ1) is 8.60. The Labute approximate surface area is 108 Å². The third-order valence-corrected chi connectivity index (χ3v) is 2.86. The number of aryl methyl sites for hydroxylation is 1. The van der Waals surface area contributed by atoms with E-state index in [1.807, 2.05) is 4.90 Å². The van der Waals surface area contributed by atoms with Crippen LogP contribution in [0.5, 0.6) is 0 Å². The summed E-state index contributed by atoms with van der Waals surface area (Å²) in [6, 6.07) is 3.56. The van der Waals surface area contributed by atoms with Crippen LogP contribution in [0.4, 0.5) is 0 Å². The molecule has 1 rings (SSSR count). The lowest BCUT2D eigenvalue weighted by Crippen LogP contribution is -2.37. The zero-order valence-electron chi connectivity index (χ0n) is 11.5. The highest BCUT2D eigenvalue weighted by molar-refractivity contribution is 5.76. The highest BCUT2D eigenvalue weighted by Gasteiger charge is 2.12. The van der Waals surface area contributed by atoms with E-state index in [-0.39, 0.29) is 18.0 Å². The van der Waals surface area contributed by atoms with E-state index in [9.17, 15) is 9.59 Å². The first-order valence-corrected chi connectivity index (χ1v) is 6.54. The minimum Gasteiger partial charge on any atom is -0.341 e. The molecular formula is C14H22N2O2. The summed E-state index contributed by atoms with van der Waals surface area (Å²) in [5.41, 5.74) is 0.585. The maximum atomic E-state index is 12.1. The van der Waals surface area contributed by atoms with Crippen LogP contribution in [-0.2, 0) is 11.3 Å². The Morgan fingerprint density at radius 2 is 1.89 bits per heavy atom. The third kappa shape index (κ3) is 3.72. The zero-order chi connectivity index (χ0) is 13.5. The normalized spacial score (nSPS) is 10.4. The molecule has 0 aliphatic heterocycles. The first kappa shape index (κ1) is 14.5. The average molecular weight is 250 g/mol. The Kier molecular flexibility index (Phi) is 5.62. The van der Waals surface area contributed by atoms with Gasteiger partial charge in [-0.15, -0.1) is 0 Å². The molecule has 100 valence electrons. The molecule has 0 saturated carbocycles. The third-order valence-electron chi connectivity index (χ3n) is 2.86. The molecule has 0 saturated heterocycles. The Morgan fingerprint density at radius 3 is 2.44 bits per heavy atom. The van der Waals surface area contributed by atoms with E-state index >= 15 is 0 Å². The fourth-order valence-corrected chi connectivity index (χ4v) is 1.93. The second-order valence-corrected chi connectivity index (χ2v) is 4.51. The number of nitrogens with zero attached hydrogens (tertiary/aromatic N) is 2. The van der Waals surface area contributed by atoms with Gasteiger partial charge in [0.25, 0.3) is 5.56 Å². The Bertz CT molecular complexity index is 445. The molecule has 1 aromatic rings. The van der Waals surface area contributed by atoms with Crippen molar-refractivity contribution in [3.8, 4) is 0 Å². The molecule has 0 aromatic carbocycles. The number of rotatable bonds is 6. The topological polar surface area (TPSA) is 42.3 Å². The van der Waals surface area contributed by atoms with Crippen molar-refractivity contribution >= 4 is 5.91 Å². The minimum atomic E-state index is -0.0844. The van der Waals surface area contributed by atoms with Gasteiger partial charge in [-0.1, -0.05) is 19.9 Å². The molecular weight excluding hydrogens is 228 g/mol. The number of hydrogen-bond acceptors (Lipinski definition) is 2. The number of amides is 1. The van der Waals surface area contributed by atoms with E-state index in [0.717, 1.165) is 25.9 Å². The van der Waals surface area contributed by atoms with Crippen LogP contribution in [0.1, 0.15) is 32.3 Å². The highest BCUT2D eigenvalue weighted by atomic mass is 16.2. The van der Waals surface area contributed by atoms with Gasteiger partial charge in [-0.2, -0.15) is 0 Å². The molecule has 0 unspecified atom stereocenters. The monoisotopic (exact) mass is 250 g/mol. The van der Waals surface area contributed by atoms with Gasteiger partial charge in [-0.05, 0) is 25.8 Å². The molecule has 0 N–H and O–H groups in total. The van der Waals surface area contributed by atoms with Crippen LogP contribution in [-0.4, -0.2) is 28.5 Å². The lowest BCUT2D eigenvalue weighted by atomic mass is 10.3. The maximum Gasteiger partial charge on any atom is 0.253 e. The second-order valence-electron chi connectivity index (χ2n) is 4.51. The standard InChI is InChI=1S/C14H22N2O2/c1-4-8-15(9-5-2)13(17)11-16-10-6-7-12(3)14(16)18/h6-7,10H,4-5,8-9,11H2,1-3H3. The van der Waals surface area contributed by atoms with Gasteiger partial charge in [-0.3, -0.25) is 9.59 Å². The summed E-state index contributed by atoms with van der Waals surface area (Å²) in [4.78, 5) is 25.8. The summed E-state index contributed by atoms with van der Waals surface area (Å²) in [7, 11) is 0. The van der Waals surface area contributed by atoms with Gasteiger partial charge in [0.1, 0.15) is 6.54 Å². The van der Waals surface area contributed by atoms with Crippen molar-refractivity contribution in [2.24, 2.45) is 0 Å². The summed E-state index contributed by atoms with van der Waals surface area (Å²) in [6.45, 7) is 7.52. The molecule has 1 heterocycles. The maximum absolute atomic E-state index is 12.1. The van der Waals surface area contributed by atoms with Crippen LogP contribution >= 0.6 is 0 Å². The Hall–Kier alpha value is -1.58. The molecule has 0 aliphatic carbocycles. The van der Waals surface area contributed by atoms with Crippen LogP contribution in [0, 0.1) is 6.92 Å². The number of hydrogen-bond donors (Lipinski definition) is 0. The fourth-order valence-electron chi connectivity index (χ4n) is 1.93. The lowest BCUT2D eigenvalue weighted by Gasteiger charge is -2.21. The Balaban J connectivity index is 2.79. The van der Waals surface area contributed by atoms with Gasteiger partial charge >= 0.3 is 0 Å². The molecule has 1 aromatic heterocycles. The molecule has 0 aliphatic rings. The number of carbonyl (C=O) groups is 1. The summed E-state index contributed by atoms with van der Waals surface area (Å²) in [5.74, 6) is 0.0198. The molecule has 0 atom stereocenters. The van der Waals surface area contributed by atoms with Crippen molar-refractivity contribution in [3.63, 3.8) is 0 Å². The van der Waals surface area contributed by atoms with Gasteiger partial charge in [0, 0.05) is 24.8 Å². The van der Waals surface area contributed by atoms with Crippen LogP contribution in [0.25, 0.3) is 0 Å². The minimum absolute atomic E-state index is 0.0198. The van der Waals surface area contributed by atoms with E-state index in [1.165, 1.54) is 4.57 Å². The number of aromatic nitrogens is 1. The fraction of sp³-hybridized carbons (Fsp3) is 0.571. The van der Waals surface area contributed by atoms with E-state index in [4.69, 9.17) is 0 Å². The first-order valence-electron chi connectivity index (χ1n) is 6.54. The predicted molar refractivity (Wildman–Crippen MR) is 72.6 cm³/mol. The number of pyridine rings is 1. The molecule has 0 bridgehead atoms. The van der Waals surface area contributed by atoms with E-state index in [0.29, 0.717) is 5.56 Å². The van der Waals surface area contributed by atoms with Gasteiger partial charge < -0.3 is 9.47 Å². The summed E-state index contributed by atoms with van der Waals surface area (Å²) < 4.78 is 1.48. The SMILES string of the molecule is CCCN(CCC)C(=O)Cn1cccc(C)c1=O. The summed E-state index contributed by atoms with van der Waals surface area (Å²) >= 11 is 0. The second kappa shape index (κ2) is 6.99. The summed E-state index contributed by atoms with van der Waals surface area (Å²) in [6.07, 6.45) is 3.55. The Morgan fingerprint density at radius 1 is 1.28 bits per heavy atom. The zero-order valence-corrected chi connectivity index (χ0v) is 11.5. The quantitative estimate of drug-likeness (QED) is 0.772. The van der Waals surface area contributed by atoms with Crippen LogP contribution in [0.2, 0.25) is 0 Å². The number of carbonyl (C=O) groups excluding carboxylic acids is 1. The van der Waals surface area contributed by atoms with Crippen LogP contribution in [0.15, 0.2) is 23.1 Å². The molecule has 1 amide bonds. The van der Waals surface area contributed by atoms with Crippen molar-refractivity contribution in [2.75, 3.05) is 13.1 Å². The molecule has 0 radical (unpaired) electrons. The van der Waals surface area contributed by atoms with E-state index in [2.05, 4.69) is 13.8 Å². The molecule has 4 heteroatoms.